The zero-order chi connectivity index (χ0) is 19.4. The smallest absolute Gasteiger partial charge is 0.376 e. The molecule has 3 rings (SSSR count). The second kappa shape index (κ2) is 7.48. The molecule has 1 heterocycles. The van der Waals surface area contributed by atoms with Crippen LogP contribution in [0.2, 0.25) is 0 Å². The van der Waals surface area contributed by atoms with E-state index in [0.717, 1.165) is 18.2 Å². The van der Waals surface area contributed by atoms with Gasteiger partial charge in [-0.15, -0.1) is 0 Å². The van der Waals surface area contributed by atoms with Crippen molar-refractivity contribution in [1.82, 2.24) is 9.78 Å². The van der Waals surface area contributed by atoms with Crippen LogP contribution in [-0.4, -0.2) is 22.2 Å². The van der Waals surface area contributed by atoms with Crippen LogP contribution in [0, 0.1) is 5.82 Å². The molecule has 0 aliphatic heterocycles. The Labute approximate surface area is 151 Å². The zero-order valence-electron chi connectivity index (χ0n) is 13.8. The molecular weight excluding hydrogens is 364 g/mol. The largest absolute Gasteiger partial charge is 0.416 e. The number of hydrogen-bond acceptors (Lipinski definition) is 3. The maximum Gasteiger partial charge on any atom is 0.416 e. The molecule has 27 heavy (non-hydrogen) atoms. The van der Waals surface area contributed by atoms with Crippen molar-refractivity contribution in [3.8, 4) is 5.69 Å². The van der Waals surface area contributed by atoms with E-state index in [1.807, 2.05) is 0 Å². The van der Waals surface area contributed by atoms with Crippen LogP contribution >= 0.6 is 0 Å². The molecule has 0 aliphatic rings. The van der Waals surface area contributed by atoms with Crippen LogP contribution in [0.3, 0.4) is 0 Å². The molecule has 5 nitrogen and oxygen atoms in total. The number of rotatable bonds is 5. The van der Waals surface area contributed by atoms with Gasteiger partial charge < -0.3 is 10.6 Å². The van der Waals surface area contributed by atoms with Crippen molar-refractivity contribution in [1.29, 1.82) is 0 Å². The number of benzene rings is 2. The Kier molecular flexibility index (Phi) is 5.11. The molecule has 0 fully saturated rings. The first-order chi connectivity index (χ1) is 12.8. The standard InChI is InChI=1S/C18H14F4N4O/c19-15-10-14(5-6-16(15)26-8-2-7-24-26)25-17(27)11-23-13-4-1-3-12(9-13)18(20,21)22/h1-10,23H,11H2,(H,25,27). The Morgan fingerprint density at radius 3 is 2.56 bits per heavy atom. The Bertz CT molecular complexity index is 939. The van der Waals surface area contributed by atoms with Gasteiger partial charge in [0.15, 0.2) is 5.82 Å². The summed E-state index contributed by atoms with van der Waals surface area (Å²) in [7, 11) is 0. The average Bonchev–Trinajstić information content (AvgIpc) is 3.14. The number of halogens is 4. The molecule has 0 saturated heterocycles. The first-order valence-corrected chi connectivity index (χ1v) is 7.83. The van der Waals surface area contributed by atoms with Crippen LogP contribution in [0.1, 0.15) is 5.56 Å². The summed E-state index contributed by atoms with van der Waals surface area (Å²) in [5, 5.41) is 9.01. The van der Waals surface area contributed by atoms with E-state index in [0.29, 0.717) is 0 Å². The molecule has 3 aromatic rings. The van der Waals surface area contributed by atoms with Crippen molar-refractivity contribution < 1.29 is 22.4 Å². The molecule has 0 saturated carbocycles. The van der Waals surface area contributed by atoms with Crippen LogP contribution in [0.5, 0.6) is 0 Å². The number of aromatic nitrogens is 2. The first-order valence-electron chi connectivity index (χ1n) is 7.83. The number of hydrogen-bond donors (Lipinski definition) is 2. The molecule has 2 N–H and O–H groups in total. The second-order valence-electron chi connectivity index (χ2n) is 5.60. The minimum Gasteiger partial charge on any atom is -0.376 e. The van der Waals surface area contributed by atoms with Crippen molar-refractivity contribution in [3.05, 3.63) is 72.3 Å². The summed E-state index contributed by atoms with van der Waals surface area (Å²) in [6, 6.07) is 10.3. The molecule has 0 unspecified atom stereocenters. The van der Waals surface area contributed by atoms with Crippen molar-refractivity contribution in [3.63, 3.8) is 0 Å². The lowest BCUT2D eigenvalue weighted by Crippen LogP contribution is -2.22. The monoisotopic (exact) mass is 378 g/mol. The van der Waals surface area contributed by atoms with Crippen LogP contribution in [0.25, 0.3) is 5.69 Å². The summed E-state index contributed by atoms with van der Waals surface area (Å²) in [5.74, 6) is -1.11. The van der Waals surface area contributed by atoms with E-state index in [4.69, 9.17) is 0 Å². The number of alkyl halides is 3. The molecule has 1 aromatic heterocycles. The number of nitrogens with zero attached hydrogens (tertiary/aromatic N) is 2. The van der Waals surface area contributed by atoms with E-state index < -0.39 is 23.5 Å². The number of anilines is 2. The minimum atomic E-state index is -4.46. The fourth-order valence-electron chi connectivity index (χ4n) is 2.37. The molecule has 2 aromatic carbocycles. The molecule has 0 spiro atoms. The van der Waals surface area contributed by atoms with Crippen molar-refractivity contribution in [2.45, 2.75) is 6.18 Å². The van der Waals surface area contributed by atoms with E-state index in [-0.39, 0.29) is 23.6 Å². The Hall–Kier alpha value is -3.36. The van der Waals surface area contributed by atoms with Crippen LogP contribution in [0.15, 0.2) is 60.9 Å². The molecule has 1 amide bonds. The summed E-state index contributed by atoms with van der Waals surface area (Å²) in [5.41, 5.74) is -0.219. The predicted molar refractivity (Wildman–Crippen MR) is 92.1 cm³/mol. The SMILES string of the molecule is O=C(CNc1cccc(C(F)(F)F)c1)Nc1ccc(-n2cccn2)c(F)c1. The van der Waals surface area contributed by atoms with Gasteiger partial charge in [0.2, 0.25) is 5.91 Å². The van der Waals surface area contributed by atoms with Crippen LogP contribution in [-0.2, 0) is 11.0 Å². The normalized spacial score (nSPS) is 11.3. The van der Waals surface area contributed by atoms with Gasteiger partial charge in [0, 0.05) is 23.8 Å². The fraction of sp³-hybridized carbons (Fsp3) is 0.111. The Balaban J connectivity index is 1.61. The third-order valence-corrected chi connectivity index (χ3v) is 3.63. The van der Waals surface area contributed by atoms with Gasteiger partial charge in [0.05, 0.1) is 12.1 Å². The zero-order valence-corrected chi connectivity index (χ0v) is 13.8. The lowest BCUT2D eigenvalue weighted by atomic mass is 10.2. The predicted octanol–water partition coefficient (Wildman–Crippen LogP) is 4.08. The van der Waals surface area contributed by atoms with Gasteiger partial charge in [-0.3, -0.25) is 4.79 Å². The third-order valence-electron chi connectivity index (χ3n) is 3.63. The maximum atomic E-state index is 14.1. The number of nitrogens with one attached hydrogen (secondary N) is 2. The highest BCUT2D eigenvalue weighted by molar-refractivity contribution is 5.93. The highest BCUT2D eigenvalue weighted by Crippen LogP contribution is 2.30. The lowest BCUT2D eigenvalue weighted by Gasteiger charge is -2.11. The maximum absolute atomic E-state index is 14.1. The summed E-state index contributed by atoms with van der Waals surface area (Å²) < 4.78 is 53.5. The van der Waals surface area contributed by atoms with E-state index in [1.54, 1.807) is 12.3 Å². The van der Waals surface area contributed by atoms with Crippen LogP contribution < -0.4 is 10.6 Å². The lowest BCUT2D eigenvalue weighted by molar-refractivity contribution is -0.137. The Morgan fingerprint density at radius 1 is 1.07 bits per heavy atom. The molecule has 140 valence electrons. The quantitative estimate of drug-likeness (QED) is 0.658. The summed E-state index contributed by atoms with van der Waals surface area (Å²) >= 11 is 0. The molecule has 9 heteroatoms. The van der Waals surface area contributed by atoms with E-state index in [2.05, 4.69) is 15.7 Å². The summed E-state index contributed by atoms with van der Waals surface area (Å²) in [6.45, 7) is -0.274. The van der Waals surface area contributed by atoms with Gasteiger partial charge in [-0.25, -0.2) is 9.07 Å². The molecule has 0 atom stereocenters. The van der Waals surface area contributed by atoms with E-state index >= 15 is 0 Å². The molecule has 0 aliphatic carbocycles. The van der Waals surface area contributed by atoms with Gasteiger partial charge in [-0.2, -0.15) is 18.3 Å². The van der Waals surface area contributed by atoms with Gasteiger partial charge in [0.1, 0.15) is 5.69 Å². The minimum absolute atomic E-state index is 0.153. The van der Waals surface area contributed by atoms with Gasteiger partial charge in [0.25, 0.3) is 0 Å². The summed E-state index contributed by atoms with van der Waals surface area (Å²) in [4.78, 5) is 12.0. The van der Waals surface area contributed by atoms with E-state index in [1.165, 1.54) is 35.1 Å². The van der Waals surface area contributed by atoms with E-state index in [9.17, 15) is 22.4 Å². The number of carbonyl (C=O) groups excluding carboxylic acids is 1. The second-order valence-corrected chi connectivity index (χ2v) is 5.60. The number of carbonyl (C=O) groups is 1. The number of amides is 1. The highest BCUT2D eigenvalue weighted by atomic mass is 19.4. The molecule has 0 radical (unpaired) electrons. The van der Waals surface area contributed by atoms with Crippen LogP contribution in [0.4, 0.5) is 28.9 Å². The van der Waals surface area contributed by atoms with Crippen molar-refractivity contribution in [2.75, 3.05) is 17.2 Å². The van der Waals surface area contributed by atoms with Crippen molar-refractivity contribution >= 4 is 17.3 Å². The topological polar surface area (TPSA) is 59.0 Å². The highest BCUT2D eigenvalue weighted by Gasteiger charge is 2.30. The molecule has 0 bridgehead atoms. The van der Waals surface area contributed by atoms with Gasteiger partial charge >= 0.3 is 6.18 Å². The molecular formula is C18H14F4N4O. The average molecular weight is 378 g/mol. The fourth-order valence-corrected chi connectivity index (χ4v) is 2.37. The summed E-state index contributed by atoms with van der Waals surface area (Å²) in [6.07, 6.45) is -1.38. The van der Waals surface area contributed by atoms with Gasteiger partial charge in [-0.05, 0) is 42.5 Å². The van der Waals surface area contributed by atoms with Gasteiger partial charge in [-0.1, -0.05) is 6.07 Å². The van der Waals surface area contributed by atoms with Crippen molar-refractivity contribution in [2.24, 2.45) is 0 Å². The first kappa shape index (κ1) is 18.4. The third kappa shape index (κ3) is 4.63. The Morgan fingerprint density at radius 2 is 1.89 bits per heavy atom.